The van der Waals surface area contributed by atoms with E-state index in [2.05, 4.69) is 31.1 Å². The van der Waals surface area contributed by atoms with Crippen molar-refractivity contribution in [3.8, 4) is 0 Å². The molecular formula is C11H12BrN3O2. The second-order valence-corrected chi connectivity index (χ2v) is 5.44. The zero-order valence-electron chi connectivity index (χ0n) is 9.74. The van der Waals surface area contributed by atoms with Crippen LogP contribution in [0.25, 0.3) is 11.0 Å². The molecule has 2 aromatic heterocycles. The zero-order chi connectivity index (χ0) is 12.6. The number of carbonyl (C=O) groups is 1. The molecule has 1 N–H and O–H groups in total. The van der Waals surface area contributed by atoms with E-state index in [0.29, 0.717) is 21.2 Å². The number of ether oxygens (including phenoxy) is 1. The monoisotopic (exact) mass is 297 g/mol. The molecule has 0 unspecified atom stereocenters. The molecule has 0 aliphatic carbocycles. The molecule has 0 atom stereocenters. The van der Waals surface area contributed by atoms with Gasteiger partial charge < -0.3 is 4.74 Å². The lowest BCUT2D eigenvalue weighted by Crippen LogP contribution is -2.24. The molecule has 17 heavy (non-hydrogen) atoms. The molecule has 6 heteroatoms. The van der Waals surface area contributed by atoms with Crippen LogP contribution in [0.1, 0.15) is 31.1 Å². The summed E-state index contributed by atoms with van der Waals surface area (Å²) in [5, 5.41) is 7.24. The van der Waals surface area contributed by atoms with Crippen molar-refractivity contribution in [3.63, 3.8) is 0 Å². The molecule has 0 saturated heterocycles. The molecule has 0 fully saturated rings. The SMILES string of the molecule is CC(C)(C)OC(=O)c1cc(Br)nc2[nH]ncc12. The molecule has 0 aromatic carbocycles. The second kappa shape index (κ2) is 4.10. The number of aromatic amines is 1. The Bertz CT molecular complexity index is 572. The van der Waals surface area contributed by atoms with Crippen molar-refractivity contribution in [2.75, 3.05) is 0 Å². The first-order valence-electron chi connectivity index (χ1n) is 5.10. The fourth-order valence-corrected chi connectivity index (χ4v) is 1.81. The van der Waals surface area contributed by atoms with Gasteiger partial charge in [0.05, 0.1) is 17.1 Å². The van der Waals surface area contributed by atoms with Gasteiger partial charge in [-0.2, -0.15) is 5.10 Å². The molecule has 2 aromatic rings. The smallest absolute Gasteiger partial charge is 0.339 e. The van der Waals surface area contributed by atoms with Gasteiger partial charge in [0.15, 0.2) is 5.65 Å². The van der Waals surface area contributed by atoms with Gasteiger partial charge in [0, 0.05) is 0 Å². The highest BCUT2D eigenvalue weighted by molar-refractivity contribution is 9.10. The number of aromatic nitrogens is 3. The van der Waals surface area contributed by atoms with Crippen LogP contribution >= 0.6 is 15.9 Å². The van der Waals surface area contributed by atoms with E-state index in [1.54, 1.807) is 12.3 Å². The second-order valence-electron chi connectivity index (χ2n) is 4.63. The Morgan fingerprint density at radius 3 is 2.82 bits per heavy atom. The fraction of sp³-hybridized carbons (Fsp3) is 0.364. The zero-order valence-corrected chi connectivity index (χ0v) is 11.3. The van der Waals surface area contributed by atoms with Crippen LogP contribution in [0.3, 0.4) is 0 Å². The fourth-order valence-electron chi connectivity index (χ4n) is 1.40. The van der Waals surface area contributed by atoms with Crippen molar-refractivity contribution >= 4 is 32.9 Å². The summed E-state index contributed by atoms with van der Waals surface area (Å²) >= 11 is 3.25. The molecule has 2 rings (SSSR count). The number of halogens is 1. The number of nitrogens with zero attached hydrogens (tertiary/aromatic N) is 2. The average Bonchev–Trinajstić information content (AvgIpc) is 2.60. The summed E-state index contributed by atoms with van der Waals surface area (Å²) in [6.07, 6.45) is 1.56. The van der Waals surface area contributed by atoms with Gasteiger partial charge in [0.2, 0.25) is 0 Å². The summed E-state index contributed by atoms with van der Waals surface area (Å²) in [7, 11) is 0. The van der Waals surface area contributed by atoms with Crippen LogP contribution in [0.2, 0.25) is 0 Å². The summed E-state index contributed by atoms with van der Waals surface area (Å²) in [5.74, 6) is -0.382. The third-order valence-electron chi connectivity index (χ3n) is 2.01. The predicted octanol–water partition coefficient (Wildman–Crippen LogP) is 2.68. The first kappa shape index (κ1) is 12.0. The number of H-pyrrole nitrogens is 1. The first-order valence-corrected chi connectivity index (χ1v) is 5.89. The lowest BCUT2D eigenvalue weighted by Gasteiger charge is -2.19. The number of nitrogens with one attached hydrogen (secondary N) is 1. The molecule has 90 valence electrons. The maximum Gasteiger partial charge on any atom is 0.339 e. The summed E-state index contributed by atoms with van der Waals surface area (Å²) in [6.45, 7) is 5.48. The Morgan fingerprint density at radius 2 is 2.18 bits per heavy atom. The van der Waals surface area contributed by atoms with Crippen LogP contribution in [-0.4, -0.2) is 26.8 Å². The lowest BCUT2D eigenvalue weighted by atomic mass is 10.1. The highest BCUT2D eigenvalue weighted by Gasteiger charge is 2.21. The van der Waals surface area contributed by atoms with Gasteiger partial charge in [-0.1, -0.05) is 0 Å². The minimum atomic E-state index is -0.525. The van der Waals surface area contributed by atoms with Gasteiger partial charge in [0.25, 0.3) is 0 Å². The molecule has 0 bridgehead atoms. The van der Waals surface area contributed by atoms with Gasteiger partial charge in [-0.15, -0.1) is 0 Å². The molecular weight excluding hydrogens is 286 g/mol. The molecule has 5 nitrogen and oxygen atoms in total. The molecule has 0 aliphatic heterocycles. The third kappa shape index (κ3) is 2.63. The molecule has 0 spiro atoms. The molecule has 2 heterocycles. The number of hydrogen-bond acceptors (Lipinski definition) is 4. The quantitative estimate of drug-likeness (QED) is 0.649. The Morgan fingerprint density at radius 1 is 1.47 bits per heavy atom. The van der Waals surface area contributed by atoms with Crippen LogP contribution in [0.5, 0.6) is 0 Å². The minimum Gasteiger partial charge on any atom is -0.456 e. The van der Waals surface area contributed by atoms with Crippen molar-refractivity contribution in [2.24, 2.45) is 0 Å². The Kier molecular flexibility index (Phi) is 2.91. The topological polar surface area (TPSA) is 67.9 Å². The maximum atomic E-state index is 12.0. The van der Waals surface area contributed by atoms with E-state index >= 15 is 0 Å². The number of carbonyl (C=O) groups excluding carboxylic acids is 1. The van der Waals surface area contributed by atoms with Gasteiger partial charge in [-0.3, -0.25) is 5.10 Å². The maximum absolute atomic E-state index is 12.0. The summed E-state index contributed by atoms with van der Waals surface area (Å²) in [5.41, 5.74) is 0.480. The largest absolute Gasteiger partial charge is 0.456 e. The van der Waals surface area contributed by atoms with Crippen LogP contribution in [-0.2, 0) is 4.74 Å². The van der Waals surface area contributed by atoms with Crippen LogP contribution in [0.4, 0.5) is 0 Å². The highest BCUT2D eigenvalue weighted by Crippen LogP contribution is 2.22. The average molecular weight is 298 g/mol. The number of hydrogen-bond donors (Lipinski definition) is 1. The van der Waals surface area contributed by atoms with Gasteiger partial charge in [-0.05, 0) is 42.8 Å². The van der Waals surface area contributed by atoms with E-state index in [9.17, 15) is 4.79 Å². The number of pyridine rings is 1. The van der Waals surface area contributed by atoms with Gasteiger partial charge in [0.1, 0.15) is 10.2 Å². The van der Waals surface area contributed by atoms with Gasteiger partial charge >= 0.3 is 5.97 Å². The standard InChI is InChI=1S/C11H12BrN3O2/c1-11(2,3)17-10(16)6-4-8(12)14-9-7(6)5-13-15-9/h4-5H,1-3H3,(H,13,14,15). The number of rotatable bonds is 1. The van der Waals surface area contributed by atoms with E-state index in [1.807, 2.05) is 20.8 Å². The highest BCUT2D eigenvalue weighted by atomic mass is 79.9. The van der Waals surface area contributed by atoms with Crippen molar-refractivity contribution < 1.29 is 9.53 Å². The third-order valence-corrected chi connectivity index (χ3v) is 2.42. The molecule has 0 saturated carbocycles. The van der Waals surface area contributed by atoms with Crippen LogP contribution in [0.15, 0.2) is 16.9 Å². The summed E-state index contributed by atoms with van der Waals surface area (Å²) in [6, 6.07) is 1.63. The lowest BCUT2D eigenvalue weighted by molar-refractivity contribution is 0.00717. The van der Waals surface area contributed by atoms with E-state index in [4.69, 9.17) is 4.74 Å². The Balaban J connectivity index is 2.47. The van der Waals surface area contributed by atoms with Gasteiger partial charge in [-0.25, -0.2) is 9.78 Å². The molecule has 0 aliphatic rings. The molecule has 0 radical (unpaired) electrons. The van der Waals surface area contributed by atoms with Crippen LogP contribution < -0.4 is 0 Å². The Hall–Kier alpha value is -1.43. The van der Waals surface area contributed by atoms with Crippen molar-refractivity contribution in [1.29, 1.82) is 0 Å². The van der Waals surface area contributed by atoms with Crippen molar-refractivity contribution in [3.05, 3.63) is 22.4 Å². The predicted molar refractivity (Wildman–Crippen MR) is 66.8 cm³/mol. The van der Waals surface area contributed by atoms with Crippen molar-refractivity contribution in [2.45, 2.75) is 26.4 Å². The minimum absolute atomic E-state index is 0.382. The van der Waals surface area contributed by atoms with E-state index < -0.39 is 5.60 Å². The normalized spacial score (nSPS) is 11.8. The Labute approximate surface area is 107 Å². The number of esters is 1. The van der Waals surface area contributed by atoms with E-state index in [-0.39, 0.29) is 5.97 Å². The van der Waals surface area contributed by atoms with Crippen molar-refractivity contribution in [1.82, 2.24) is 15.2 Å². The number of fused-ring (bicyclic) bond motifs is 1. The first-order chi connectivity index (χ1) is 7.87. The summed E-state index contributed by atoms with van der Waals surface area (Å²) < 4.78 is 5.89. The summed E-state index contributed by atoms with van der Waals surface area (Å²) in [4.78, 5) is 16.2. The van der Waals surface area contributed by atoms with E-state index in [1.165, 1.54) is 0 Å². The van der Waals surface area contributed by atoms with E-state index in [0.717, 1.165) is 0 Å². The van der Waals surface area contributed by atoms with Crippen LogP contribution in [0, 0.1) is 0 Å². The molecule has 0 amide bonds.